The number of ether oxygens (including phenoxy) is 1. The molecule has 2 nitrogen and oxygen atoms in total. The lowest BCUT2D eigenvalue weighted by Gasteiger charge is -2.19. The van der Waals surface area contributed by atoms with E-state index in [0.29, 0.717) is 6.61 Å². The molecule has 2 aromatic carbocycles. The van der Waals surface area contributed by atoms with Gasteiger partial charge in [0.25, 0.3) is 0 Å². The van der Waals surface area contributed by atoms with Crippen LogP contribution in [0.3, 0.4) is 0 Å². The lowest BCUT2D eigenvalue weighted by atomic mass is 9.87. The molecule has 0 fully saturated rings. The van der Waals surface area contributed by atoms with E-state index in [4.69, 9.17) is 4.74 Å². The Bertz CT molecular complexity index is 609. The maximum absolute atomic E-state index is 5.80. The molecule has 2 aromatic rings. The Morgan fingerprint density at radius 1 is 0.955 bits per heavy atom. The van der Waals surface area contributed by atoms with Crippen molar-refractivity contribution >= 4 is 5.69 Å². The highest BCUT2D eigenvalue weighted by Crippen LogP contribution is 2.24. The monoisotopic (exact) mass is 297 g/mol. The van der Waals surface area contributed by atoms with Gasteiger partial charge in [-0.05, 0) is 48.6 Å². The highest BCUT2D eigenvalue weighted by atomic mass is 16.5. The van der Waals surface area contributed by atoms with Crippen molar-refractivity contribution in [2.75, 3.05) is 18.5 Å². The van der Waals surface area contributed by atoms with Crippen molar-refractivity contribution in [1.29, 1.82) is 0 Å². The van der Waals surface area contributed by atoms with E-state index in [-0.39, 0.29) is 5.41 Å². The summed E-state index contributed by atoms with van der Waals surface area (Å²) in [6.45, 7) is 12.3. The quantitative estimate of drug-likeness (QED) is 0.776. The molecule has 0 saturated heterocycles. The molecule has 0 spiro atoms. The van der Waals surface area contributed by atoms with Gasteiger partial charge in [0, 0.05) is 12.2 Å². The Labute approximate surface area is 134 Å². The van der Waals surface area contributed by atoms with Gasteiger partial charge >= 0.3 is 0 Å². The second-order valence-corrected chi connectivity index (χ2v) is 6.87. The molecular formula is C20H27NO. The SMILES string of the molecule is Cc1ccc(NCCOc2ccc(C(C)(C)C)cc2)c(C)c1. The molecule has 0 heterocycles. The maximum atomic E-state index is 5.80. The van der Waals surface area contributed by atoms with E-state index in [1.165, 1.54) is 22.4 Å². The van der Waals surface area contributed by atoms with Gasteiger partial charge in [0.2, 0.25) is 0 Å². The number of hydrogen-bond acceptors (Lipinski definition) is 2. The number of anilines is 1. The van der Waals surface area contributed by atoms with Gasteiger partial charge in [-0.2, -0.15) is 0 Å². The Balaban J connectivity index is 1.81. The fourth-order valence-electron chi connectivity index (χ4n) is 2.42. The van der Waals surface area contributed by atoms with E-state index in [1.54, 1.807) is 0 Å². The van der Waals surface area contributed by atoms with Crippen LogP contribution in [0.1, 0.15) is 37.5 Å². The number of aryl methyl sites for hydroxylation is 2. The molecule has 0 aliphatic rings. The van der Waals surface area contributed by atoms with Crippen LogP contribution in [0.15, 0.2) is 42.5 Å². The molecule has 0 atom stereocenters. The predicted octanol–water partition coefficient (Wildman–Crippen LogP) is 5.09. The first-order valence-electron chi connectivity index (χ1n) is 7.91. The topological polar surface area (TPSA) is 21.3 Å². The van der Waals surface area contributed by atoms with Crippen molar-refractivity contribution in [2.24, 2.45) is 0 Å². The van der Waals surface area contributed by atoms with Gasteiger partial charge in [-0.1, -0.05) is 50.6 Å². The van der Waals surface area contributed by atoms with Crippen LogP contribution in [0.5, 0.6) is 5.75 Å². The van der Waals surface area contributed by atoms with Gasteiger partial charge in [0.15, 0.2) is 0 Å². The molecule has 0 aromatic heterocycles. The minimum atomic E-state index is 0.184. The Morgan fingerprint density at radius 3 is 2.23 bits per heavy atom. The number of hydrogen-bond donors (Lipinski definition) is 1. The number of nitrogens with one attached hydrogen (secondary N) is 1. The third-order valence-electron chi connectivity index (χ3n) is 3.79. The van der Waals surface area contributed by atoms with Crippen LogP contribution >= 0.6 is 0 Å². The van der Waals surface area contributed by atoms with Crippen LogP contribution in [0.25, 0.3) is 0 Å². The van der Waals surface area contributed by atoms with Crippen LogP contribution in [-0.2, 0) is 5.41 Å². The van der Waals surface area contributed by atoms with Crippen LogP contribution in [0, 0.1) is 13.8 Å². The third-order valence-corrected chi connectivity index (χ3v) is 3.79. The average molecular weight is 297 g/mol. The van der Waals surface area contributed by atoms with Crippen molar-refractivity contribution in [3.8, 4) is 5.75 Å². The van der Waals surface area contributed by atoms with Crippen molar-refractivity contribution in [3.05, 3.63) is 59.2 Å². The highest BCUT2D eigenvalue weighted by molar-refractivity contribution is 5.51. The third kappa shape index (κ3) is 4.52. The van der Waals surface area contributed by atoms with Gasteiger partial charge < -0.3 is 10.1 Å². The molecule has 0 amide bonds. The second-order valence-electron chi connectivity index (χ2n) is 6.87. The van der Waals surface area contributed by atoms with Gasteiger partial charge in [-0.25, -0.2) is 0 Å². The first-order chi connectivity index (χ1) is 10.4. The molecule has 0 radical (unpaired) electrons. The highest BCUT2D eigenvalue weighted by Gasteiger charge is 2.12. The summed E-state index contributed by atoms with van der Waals surface area (Å²) in [5.41, 5.74) is 5.25. The van der Waals surface area contributed by atoms with Crippen LogP contribution in [0.2, 0.25) is 0 Å². The summed E-state index contributed by atoms with van der Waals surface area (Å²) >= 11 is 0. The molecule has 0 aliphatic heterocycles. The molecule has 0 unspecified atom stereocenters. The summed E-state index contributed by atoms with van der Waals surface area (Å²) in [5.74, 6) is 0.926. The summed E-state index contributed by atoms with van der Waals surface area (Å²) in [7, 11) is 0. The molecule has 22 heavy (non-hydrogen) atoms. The maximum Gasteiger partial charge on any atom is 0.119 e. The van der Waals surface area contributed by atoms with E-state index in [2.05, 4.69) is 82.4 Å². The zero-order valence-electron chi connectivity index (χ0n) is 14.4. The molecule has 1 N–H and O–H groups in total. The molecule has 118 valence electrons. The molecule has 2 heteroatoms. The summed E-state index contributed by atoms with van der Waals surface area (Å²) in [6.07, 6.45) is 0. The Morgan fingerprint density at radius 2 is 1.64 bits per heavy atom. The predicted molar refractivity (Wildman–Crippen MR) is 95.0 cm³/mol. The Hall–Kier alpha value is -1.96. The summed E-state index contributed by atoms with van der Waals surface area (Å²) in [5, 5.41) is 3.42. The minimum Gasteiger partial charge on any atom is -0.492 e. The molecule has 0 bridgehead atoms. The number of benzene rings is 2. The van der Waals surface area contributed by atoms with Crippen molar-refractivity contribution < 1.29 is 4.74 Å². The van der Waals surface area contributed by atoms with E-state index in [9.17, 15) is 0 Å². The van der Waals surface area contributed by atoms with Crippen molar-refractivity contribution in [1.82, 2.24) is 0 Å². The van der Waals surface area contributed by atoms with Gasteiger partial charge in [-0.3, -0.25) is 0 Å². The van der Waals surface area contributed by atoms with Crippen molar-refractivity contribution in [2.45, 2.75) is 40.0 Å². The lowest BCUT2D eigenvalue weighted by Crippen LogP contribution is -2.13. The zero-order valence-corrected chi connectivity index (χ0v) is 14.4. The van der Waals surface area contributed by atoms with Crippen LogP contribution in [0.4, 0.5) is 5.69 Å². The largest absolute Gasteiger partial charge is 0.492 e. The molecule has 2 rings (SSSR count). The summed E-state index contributed by atoms with van der Waals surface area (Å²) in [4.78, 5) is 0. The van der Waals surface area contributed by atoms with E-state index < -0.39 is 0 Å². The van der Waals surface area contributed by atoms with Gasteiger partial charge in [0.05, 0.1) is 0 Å². The van der Waals surface area contributed by atoms with Crippen molar-refractivity contribution in [3.63, 3.8) is 0 Å². The minimum absolute atomic E-state index is 0.184. The average Bonchev–Trinajstić information content (AvgIpc) is 2.45. The van der Waals surface area contributed by atoms with E-state index in [0.717, 1.165) is 12.3 Å². The van der Waals surface area contributed by atoms with Crippen LogP contribution in [-0.4, -0.2) is 13.2 Å². The zero-order chi connectivity index (χ0) is 16.2. The molecular weight excluding hydrogens is 270 g/mol. The van der Waals surface area contributed by atoms with Gasteiger partial charge in [-0.15, -0.1) is 0 Å². The fraction of sp³-hybridized carbons (Fsp3) is 0.400. The normalized spacial score (nSPS) is 11.3. The first kappa shape index (κ1) is 16.4. The van der Waals surface area contributed by atoms with Gasteiger partial charge in [0.1, 0.15) is 12.4 Å². The van der Waals surface area contributed by atoms with Crippen LogP contribution < -0.4 is 10.1 Å². The second kappa shape index (κ2) is 6.87. The Kier molecular flexibility index (Phi) is 5.12. The first-order valence-corrected chi connectivity index (χ1v) is 7.91. The number of rotatable bonds is 5. The summed E-state index contributed by atoms with van der Waals surface area (Å²) < 4.78 is 5.80. The molecule has 0 saturated carbocycles. The molecule has 0 aliphatic carbocycles. The fourth-order valence-corrected chi connectivity index (χ4v) is 2.42. The lowest BCUT2D eigenvalue weighted by molar-refractivity contribution is 0.332. The van der Waals surface area contributed by atoms with E-state index in [1.807, 2.05) is 0 Å². The van der Waals surface area contributed by atoms with E-state index >= 15 is 0 Å². The standard InChI is InChI=1S/C20H27NO/c1-15-6-11-19(16(2)14-15)21-12-13-22-18-9-7-17(8-10-18)20(3,4)5/h6-11,14,21H,12-13H2,1-5H3. The summed E-state index contributed by atoms with van der Waals surface area (Å²) in [6, 6.07) is 14.8. The smallest absolute Gasteiger partial charge is 0.119 e.